The van der Waals surface area contributed by atoms with Crippen molar-refractivity contribution in [3.63, 3.8) is 0 Å². The highest BCUT2D eigenvalue weighted by molar-refractivity contribution is 5.69. The van der Waals surface area contributed by atoms with E-state index >= 15 is 0 Å². The Morgan fingerprint density at radius 3 is 2.22 bits per heavy atom. The second kappa shape index (κ2) is 10.3. The number of hydrogen-bond donors (Lipinski definition) is 1. The molecule has 6 heteroatoms. The maximum absolute atomic E-state index is 11.3. The van der Waals surface area contributed by atoms with Crippen LogP contribution in [0.3, 0.4) is 0 Å². The standard InChI is InChI=1S/C12H23NO5/c1-15-2-3-16-4-5-17-6-7-18-12(14)8-11-9-13-10-11/h11,13H,2-10H2,1H3. The van der Waals surface area contributed by atoms with E-state index < -0.39 is 0 Å². The Kier molecular flexibility index (Phi) is 8.75. The van der Waals surface area contributed by atoms with Gasteiger partial charge < -0.3 is 24.3 Å². The number of carbonyl (C=O) groups is 1. The van der Waals surface area contributed by atoms with Crippen molar-refractivity contribution >= 4 is 5.97 Å². The van der Waals surface area contributed by atoms with Crippen molar-refractivity contribution < 1.29 is 23.7 Å². The number of nitrogens with one attached hydrogen (secondary N) is 1. The molecular formula is C12H23NO5. The number of carbonyl (C=O) groups excluding carboxylic acids is 1. The zero-order valence-corrected chi connectivity index (χ0v) is 11.0. The molecule has 0 saturated carbocycles. The number of esters is 1. The van der Waals surface area contributed by atoms with Gasteiger partial charge in [-0.25, -0.2) is 0 Å². The molecule has 1 saturated heterocycles. The zero-order valence-electron chi connectivity index (χ0n) is 11.0. The van der Waals surface area contributed by atoms with E-state index in [1.54, 1.807) is 7.11 Å². The summed E-state index contributed by atoms with van der Waals surface area (Å²) in [6.45, 7) is 4.78. The van der Waals surface area contributed by atoms with Crippen LogP contribution in [0, 0.1) is 5.92 Å². The third-order valence-electron chi connectivity index (χ3n) is 2.62. The molecular weight excluding hydrogens is 238 g/mol. The molecule has 0 spiro atoms. The summed E-state index contributed by atoms with van der Waals surface area (Å²) in [5.74, 6) is 0.314. The van der Waals surface area contributed by atoms with Gasteiger partial charge >= 0.3 is 5.97 Å². The molecule has 18 heavy (non-hydrogen) atoms. The van der Waals surface area contributed by atoms with Crippen LogP contribution in [0.1, 0.15) is 6.42 Å². The average Bonchev–Trinajstić information content (AvgIpc) is 2.32. The highest BCUT2D eigenvalue weighted by Crippen LogP contribution is 2.08. The molecule has 1 N–H and O–H groups in total. The Morgan fingerprint density at radius 1 is 1.06 bits per heavy atom. The summed E-state index contributed by atoms with van der Waals surface area (Å²) in [6, 6.07) is 0. The van der Waals surface area contributed by atoms with Crippen molar-refractivity contribution in [1.29, 1.82) is 0 Å². The van der Waals surface area contributed by atoms with Crippen LogP contribution in [-0.2, 0) is 23.7 Å². The van der Waals surface area contributed by atoms with E-state index in [4.69, 9.17) is 18.9 Å². The molecule has 0 bridgehead atoms. The SMILES string of the molecule is COCCOCCOCCOC(=O)CC1CNC1. The van der Waals surface area contributed by atoms with E-state index in [0.29, 0.717) is 52.0 Å². The quantitative estimate of drug-likeness (QED) is 0.411. The minimum absolute atomic E-state index is 0.138. The largest absolute Gasteiger partial charge is 0.463 e. The van der Waals surface area contributed by atoms with Crippen molar-refractivity contribution in [2.75, 3.05) is 59.8 Å². The summed E-state index contributed by atoms with van der Waals surface area (Å²) in [5.41, 5.74) is 0. The summed E-state index contributed by atoms with van der Waals surface area (Å²) in [5, 5.41) is 3.12. The second-order valence-corrected chi connectivity index (χ2v) is 4.17. The fourth-order valence-corrected chi connectivity index (χ4v) is 1.47. The summed E-state index contributed by atoms with van der Waals surface area (Å²) < 4.78 is 20.3. The molecule has 0 aromatic rings. The molecule has 1 heterocycles. The van der Waals surface area contributed by atoms with Crippen LogP contribution in [-0.4, -0.2) is 65.8 Å². The van der Waals surface area contributed by atoms with Crippen molar-refractivity contribution in [3.05, 3.63) is 0 Å². The van der Waals surface area contributed by atoms with Gasteiger partial charge in [0.1, 0.15) is 6.61 Å². The number of rotatable bonds is 11. The van der Waals surface area contributed by atoms with Gasteiger partial charge in [0.05, 0.1) is 39.5 Å². The third kappa shape index (κ3) is 7.60. The molecule has 1 aliphatic rings. The lowest BCUT2D eigenvalue weighted by Crippen LogP contribution is -2.43. The molecule has 0 aliphatic carbocycles. The molecule has 0 aromatic heterocycles. The van der Waals surface area contributed by atoms with Gasteiger partial charge in [0.15, 0.2) is 0 Å². The second-order valence-electron chi connectivity index (χ2n) is 4.17. The topological polar surface area (TPSA) is 66.0 Å². The summed E-state index contributed by atoms with van der Waals surface area (Å²) in [4.78, 5) is 11.3. The number of ether oxygens (including phenoxy) is 4. The van der Waals surface area contributed by atoms with E-state index in [0.717, 1.165) is 13.1 Å². The minimum atomic E-state index is -0.138. The van der Waals surface area contributed by atoms with E-state index in [-0.39, 0.29) is 5.97 Å². The van der Waals surface area contributed by atoms with E-state index in [9.17, 15) is 4.79 Å². The monoisotopic (exact) mass is 261 g/mol. The Morgan fingerprint density at radius 2 is 1.67 bits per heavy atom. The average molecular weight is 261 g/mol. The molecule has 0 unspecified atom stereocenters. The van der Waals surface area contributed by atoms with Gasteiger partial charge in [-0.15, -0.1) is 0 Å². The van der Waals surface area contributed by atoms with Crippen LogP contribution in [0.25, 0.3) is 0 Å². The first-order chi connectivity index (χ1) is 8.83. The molecule has 106 valence electrons. The maximum atomic E-state index is 11.3. The van der Waals surface area contributed by atoms with Crippen molar-refractivity contribution in [2.24, 2.45) is 5.92 Å². The van der Waals surface area contributed by atoms with Gasteiger partial charge in [-0.3, -0.25) is 4.79 Å². The number of methoxy groups -OCH3 is 1. The normalized spacial score (nSPS) is 15.4. The van der Waals surface area contributed by atoms with Crippen LogP contribution in [0.2, 0.25) is 0 Å². The first-order valence-corrected chi connectivity index (χ1v) is 6.33. The zero-order chi connectivity index (χ0) is 13.1. The lowest BCUT2D eigenvalue weighted by molar-refractivity contribution is -0.146. The fraction of sp³-hybridized carbons (Fsp3) is 0.917. The molecule has 6 nitrogen and oxygen atoms in total. The summed E-state index contributed by atoms with van der Waals surface area (Å²) >= 11 is 0. The number of hydrogen-bond acceptors (Lipinski definition) is 6. The van der Waals surface area contributed by atoms with E-state index in [1.807, 2.05) is 0 Å². The highest BCUT2D eigenvalue weighted by atomic mass is 16.6. The maximum Gasteiger partial charge on any atom is 0.306 e. The van der Waals surface area contributed by atoms with Gasteiger partial charge in [-0.1, -0.05) is 0 Å². The fourth-order valence-electron chi connectivity index (χ4n) is 1.47. The molecule has 0 amide bonds. The van der Waals surface area contributed by atoms with Gasteiger partial charge in [-0.05, 0) is 19.0 Å². The molecule has 1 fully saturated rings. The molecule has 0 radical (unpaired) electrons. The van der Waals surface area contributed by atoms with Gasteiger partial charge in [0.2, 0.25) is 0 Å². The van der Waals surface area contributed by atoms with Crippen molar-refractivity contribution in [2.45, 2.75) is 6.42 Å². The smallest absolute Gasteiger partial charge is 0.306 e. The Balaban J connectivity index is 1.76. The first-order valence-electron chi connectivity index (χ1n) is 6.33. The molecule has 0 atom stereocenters. The Bertz CT molecular complexity index is 221. The van der Waals surface area contributed by atoms with Crippen LogP contribution in [0.5, 0.6) is 0 Å². The van der Waals surface area contributed by atoms with Crippen LogP contribution in [0.15, 0.2) is 0 Å². The van der Waals surface area contributed by atoms with Crippen molar-refractivity contribution in [3.8, 4) is 0 Å². The van der Waals surface area contributed by atoms with E-state index in [2.05, 4.69) is 5.32 Å². The van der Waals surface area contributed by atoms with Gasteiger partial charge in [-0.2, -0.15) is 0 Å². The predicted octanol–water partition coefficient (Wildman–Crippen LogP) is -0.181. The highest BCUT2D eigenvalue weighted by Gasteiger charge is 2.20. The molecule has 1 rings (SSSR count). The van der Waals surface area contributed by atoms with Crippen molar-refractivity contribution in [1.82, 2.24) is 5.32 Å². The lowest BCUT2D eigenvalue weighted by Gasteiger charge is -2.25. The Labute approximate surface area is 108 Å². The summed E-state index contributed by atoms with van der Waals surface area (Å²) in [6.07, 6.45) is 0.507. The third-order valence-corrected chi connectivity index (χ3v) is 2.62. The molecule has 0 aromatic carbocycles. The van der Waals surface area contributed by atoms with Gasteiger partial charge in [0, 0.05) is 7.11 Å². The minimum Gasteiger partial charge on any atom is -0.463 e. The van der Waals surface area contributed by atoms with Crippen LogP contribution in [0.4, 0.5) is 0 Å². The van der Waals surface area contributed by atoms with Crippen LogP contribution < -0.4 is 5.32 Å². The van der Waals surface area contributed by atoms with Crippen LogP contribution >= 0.6 is 0 Å². The molecule has 1 aliphatic heterocycles. The first kappa shape index (κ1) is 15.4. The van der Waals surface area contributed by atoms with Gasteiger partial charge in [0.25, 0.3) is 0 Å². The predicted molar refractivity (Wildman–Crippen MR) is 65.4 cm³/mol. The summed E-state index contributed by atoms with van der Waals surface area (Å²) in [7, 11) is 1.63. The van der Waals surface area contributed by atoms with E-state index in [1.165, 1.54) is 0 Å². The lowest BCUT2D eigenvalue weighted by atomic mass is 10.00. The Hall–Kier alpha value is -0.690.